The standard InChI is InChI=1S/C21H22O2/c1-23-18-11-9-15(10-12-18)21(22)20-17-8-7-16(13-17)19(20)14-5-3-2-4-6-14/h2-6,9-12,16-17,19-20H,7-8,13H2,1H3/t16-,17+,19+,20-/m1/s1. The summed E-state index contributed by atoms with van der Waals surface area (Å²) in [7, 11) is 1.65. The molecular formula is C21H22O2. The molecule has 2 aliphatic rings. The molecule has 0 aliphatic heterocycles. The lowest BCUT2D eigenvalue weighted by atomic mass is 9.72. The molecule has 0 amide bonds. The largest absolute Gasteiger partial charge is 0.497 e. The average Bonchev–Trinajstić information content (AvgIpc) is 3.23. The van der Waals surface area contributed by atoms with Gasteiger partial charge in [0.15, 0.2) is 5.78 Å². The predicted octanol–water partition coefficient (Wildman–Crippen LogP) is 4.71. The first-order chi connectivity index (χ1) is 11.3. The Bertz CT molecular complexity index is 690. The minimum Gasteiger partial charge on any atom is -0.497 e. The van der Waals surface area contributed by atoms with Crippen LogP contribution in [0.25, 0.3) is 0 Å². The molecule has 2 aromatic rings. The average molecular weight is 306 g/mol. The molecule has 0 radical (unpaired) electrons. The van der Waals surface area contributed by atoms with Crippen LogP contribution in [0.4, 0.5) is 0 Å². The third-order valence-corrected chi connectivity index (χ3v) is 5.78. The van der Waals surface area contributed by atoms with Crippen molar-refractivity contribution in [3.63, 3.8) is 0 Å². The highest BCUT2D eigenvalue weighted by atomic mass is 16.5. The lowest BCUT2D eigenvalue weighted by Crippen LogP contribution is -2.28. The first kappa shape index (κ1) is 14.5. The van der Waals surface area contributed by atoms with Crippen molar-refractivity contribution in [2.75, 3.05) is 7.11 Å². The summed E-state index contributed by atoms with van der Waals surface area (Å²) in [6.07, 6.45) is 3.70. The maximum Gasteiger partial charge on any atom is 0.166 e. The highest BCUT2D eigenvalue weighted by molar-refractivity contribution is 5.99. The fourth-order valence-electron chi connectivity index (χ4n) is 4.77. The van der Waals surface area contributed by atoms with E-state index in [1.54, 1.807) is 7.11 Å². The zero-order chi connectivity index (χ0) is 15.8. The van der Waals surface area contributed by atoms with Gasteiger partial charge in [-0.2, -0.15) is 0 Å². The highest BCUT2D eigenvalue weighted by Gasteiger charge is 2.51. The number of carbonyl (C=O) groups is 1. The highest BCUT2D eigenvalue weighted by Crippen LogP contribution is 2.57. The SMILES string of the molecule is COc1ccc(C(=O)[C@@H]2[C@H]3CC[C@H](C3)[C@@H]2c2ccccc2)cc1. The molecule has 2 aromatic carbocycles. The Kier molecular flexibility index (Phi) is 3.68. The third-order valence-electron chi connectivity index (χ3n) is 5.78. The molecule has 2 heteroatoms. The van der Waals surface area contributed by atoms with Gasteiger partial charge in [-0.05, 0) is 66.8 Å². The fraction of sp³-hybridized carbons (Fsp3) is 0.381. The van der Waals surface area contributed by atoms with Crippen LogP contribution in [0.1, 0.15) is 41.1 Å². The van der Waals surface area contributed by atoms with Crippen LogP contribution in [0.3, 0.4) is 0 Å². The van der Waals surface area contributed by atoms with Crippen molar-refractivity contribution in [2.45, 2.75) is 25.2 Å². The number of rotatable bonds is 4. The lowest BCUT2D eigenvalue weighted by Gasteiger charge is -2.30. The van der Waals surface area contributed by atoms with Gasteiger partial charge in [0.2, 0.25) is 0 Å². The first-order valence-electron chi connectivity index (χ1n) is 8.51. The zero-order valence-corrected chi connectivity index (χ0v) is 13.4. The van der Waals surface area contributed by atoms with Crippen LogP contribution in [0, 0.1) is 17.8 Å². The third kappa shape index (κ3) is 2.46. The summed E-state index contributed by atoms with van der Waals surface area (Å²) in [5, 5.41) is 0. The molecule has 0 spiro atoms. The Hall–Kier alpha value is -2.09. The molecule has 0 aromatic heterocycles. The van der Waals surface area contributed by atoms with Crippen molar-refractivity contribution < 1.29 is 9.53 Å². The molecule has 23 heavy (non-hydrogen) atoms. The summed E-state index contributed by atoms with van der Waals surface area (Å²) in [6.45, 7) is 0. The van der Waals surface area contributed by atoms with Crippen LogP contribution in [0.2, 0.25) is 0 Å². The van der Waals surface area contributed by atoms with Crippen molar-refractivity contribution in [3.05, 3.63) is 65.7 Å². The molecule has 2 aliphatic carbocycles. The van der Waals surface area contributed by atoms with Gasteiger partial charge in [0.1, 0.15) is 5.75 Å². The molecule has 4 rings (SSSR count). The maximum absolute atomic E-state index is 13.2. The second-order valence-electron chi connectivity index (χ2n) is 6.89. The number of ketones is 1. The second kappa shape index (κ2) is 5.84. The monoisotopic (exact) mass is 306 g/mol. The van der Waals surface area contributed by atoms with Crippen LogP contribution < -0.4 is 4.74 Å². The molecule has 4 atom stereocenters. The van der Waals surface area contributed by atoms with Crippen LogP contribution in [-0.2, 0) is 0 Å². The van der Waals surface area contributed by atoms with Crippen LogP contribution in [0.5, 0.6) is 5.75 Å². The lowest BCUT2D eigenvalue weighted by molar-refractivity contribution is 0.0853. The summed E-state index contributed by atoms with van der Waals surface area (Å²) in [4.78, 5) is 13.2. The number of methoxy groups -OCH3 is 1. The van der Waals surface area contributed by atoms with Crippen molar-refractivity contribution in [1.29, 1.82) is 0 Å². The van der Waals surface area contributed by atoms with E-state index in [9.17, 15) is 4.79 Å². The molecule has 0 N–H and O–H groups in total. The molecule has 2 saturated carbocycles. The Labute approximate surface area is 137 Å². The topological polar surface area (TPSA) is 26.3 Å². The number of ether oxygens (including phenoxy) is 1. The van der Waals surface area contributed by atoms with Crippen LogP contribution >= 0.6 is 0 Å². The summed E-state index contributed by atoms with van der Waals surface area (Å²) in [5.74, 6) is 2.88. The molecular weight excluding hydrogens is 284 g/mol. The Morgan fingerprint density at radius 2 is 1.65 bits per heavy atom. The van der Waals surface area contributed by atoms with E-state index in [2.05, 4.69) is 30.3 Å². The summed E-state index contributed by atoms with van der Waals surface area (Å²) >= 11 is 0. The van der Waals surface area contributed by atoms with E-state index < -0.39 is 0 Å². The van der Waals surface area contributed by atoms with Crippen molar-refractivity contribution in [2.24, 2.45) is 17.8 Å². The van der Waals surface area contributed by atoms with Crippen LogP contribution in [0.15, 0.2) is 54.6 Å². The normalized spacial score (nSPS) is 28.7. The van der Waals surface area contributed by atoms with Gasteiger partial charge in [-0.15, -0.1) is 0 Å². The maximum atomic E-state index is 13.2. The molecule has 0 heterocycles. The van der Waals surface area contributed by atoms with E-state index in [1.807, 2.05) is 24.3 Å². The summed E-state index contributed by atoms with van der Waals surface area (Å²) in [5.41, 5.74) is 2.16. The van der Waals surface area contributed by atoms with Gasteiger partial charge in [-0.3, -0.25) is 4.79 Å². The number of Topliss-reactive ketones (excluding diaryl/α,β-unsaturated/α-hetero) is 1. The number of hydrogen-bond donors (Lipinski definition) is 0. The van der Waals surface area contributed by atoms with Gasteiger partial charge in [0.25, 0.3) is 0 Å². The molecule has 2 bridgehead atoms. The number of carbonyl (C=O) groups excluding carboxylic acids is 1. The van der Waals surface area contributed by atoms with E-state index in [0.29, 0.717) is 23.5 Å². The van der Waals surface area contributed by atoms with Crippen LogP contribution in [-0.4, -0.2) is 12.9 Å². The zero-order valence-electron chi connectivity index (χ0n) is 13.4. The Balaban J connectivity index is 1.66. The molecule has 118 valence electrons. The molecule has 0 saturated heterocycles. The number of benzene rings is 2. The molecule has 2 nitrogen and oxygen atoms in total. The summed E-state index contributed by atoms with van der Waals surface area (Å²) < 4.78 is 5.20. The smallest absolute Gasteiger partial charge is 0.166 e. The van der Waals surface area contributed by atoms with Gasteiger partial charge in [0.05, 0.1) is 7.11 Å². The minimum absolute atomic E-state index is 0.143. The fourth-order valence-corrected chi connectivity index (χ4v) is 4.77. The molecule has 0 unspecified atom stereocenters. The Morgan fingerprint density at radius 1 is 0.957 bits per heavy atom. The van der Waals surface area contributed by atoms with Gasteiger partial charge >= 0.3 is 0 Å². The van der Waals surface area contributed by atoms with Gasteiger partial charge < -0.3 is 4.74 Å². The Morgan fingerprint density at radius 3 is 2.35 bits per heavy atom. The minimum atomic E-state index is 0.143. The number of fused-ring (bicyclic) bond motifs is 2. The van der Waals surface area contributed by atoms with Crippen molar-refractivity contribution >= 4 is 5.78 Å². The van der Waals surface area contributed by atoms with E-state index in [-0.39, 0.29) is 5.92 Å². The number of hydrogen-bond acceptors (Lipinski definition) is 2. The van der Waals surface area contributed by atoms with E-state index in [4.69, 9.17) is 4.74 Å². The second-order valence-corrected chi connectivity index (χ2v) is 6.89. The van der Waals surface area contributed by atoms with Gasteiger partial charge in [-0.1, -0.05) is 30.3 Å². The van der Waals surface area contributed by atoms with E-state index >= 15 is 0 Å². The first-order valence-corrected chi connectivity index (χ1v) is 8.51. The summed E-state index contributed by atoms with van der Waals surface area (Å²) in [6, 6.07) is 18.2. The van der Waals surface area contributed by atoms with E-state index in [0.717, 1.165) is 11.3 Å². The van der Waals surface area contributed by atoms with E-state index in [1.165, 1.54) is 24.8 Å². The van der Waals surface area contributed by atoms with Crippen molar-refractivity contribution in [1.82, 2.24) is 0 Å². The van der Waals surface area contributed by atoms with Crippen molar-refractivity contribution in [3.8, 4) is 5.75 Å². The molecule has 2 fully saturated rings. The van der Waals surface area contributed by atoms with Gasteiger partial charge in [-0.25, -0.2) is 0 Å². The predicted molar refractivity (Wildman–Crippen MR) is 90.8 cm³/mol. The van der Waals surface area contributed by atoms with Gasteiger partial charge in [0, 0.05) is 11.5 Å². The quantitative estimate of drug-likeness (QED) is 0.765.